The Hall–Kier alpha value is -8.84. The summed E-state index contributed by atoms with van der Waals surface area (Å²) < 4.78 is 0. The third-order valence-electron chi connectivity index (χ3n) is 15.1. The summed E-state index contributed by atoms with van der Waals surface area (Å²) in [5, 5.41) is 10.6. The average molecular weight is 857 g/mol. The highest BCUT2D eigenvalue weighted by atomic mass is 14.4. The van der Waals surface area contributed by atoms with Crippen LogP contribution in [0.25, 0.3) is 154 Å². The van der Waals surface area contributed by atoms with Crippen LogP contribution in [0.3, 0.4) is 0 Å². The van der Waals surface area contributed by atoms with Crippen molar-refractivity contribution in [2.45, 2.75) is 0 Å². The maximum atomic E-state index is 2.57. The number of rotatable bonds is 6. The first-order valence-electron chi connectivity index (χ1n) is 23.8. The Bertz CT molecular complexity index is 4110. The van der Waals surface area contributed by atoms with Gasteiger partial charge in [-0.2, -0.15) is 0 Å². The highest BCUT2D eigenvalue weighted by Crippen LogP contribution is 2.62. The lowest BCUT2D eigenvalue weighted by molar-refractivity contribution is 1.58. The van der Waals surface area contributed by atoms with Crippen molar-refractivity contribution in [3.8, 4) is 111 Å². The minimum Gasteiger partial charge on any atom is -0.0622 e. The molecule has 0 saturated carbocycles. The molecule has 2 aliphatic carbocycles. The van der Waals surface area contributed by atoms with Crippen molar-refractivity contribution >= 4 is 43.1 Å². The van der Waals surface area contributed by atoms with Gasteiger partial charge in [-0.25, -0.2) is 0 Å². The molecule has 0 N–H and O–H groups in total. The Morgan fingerprint density at radius 3 is 0.882 bits per heavy atom. The standard InChI is InChI=1S/C68H40/c1-6-18-41(19-7-1)46-28-16-17-29-51(46)58-40-59-63-50(45-26-14-5-15-27-45)33-32-49(44-24-12-4-13-25-44)62(63)56-37-35-53-52-34-36-54-60-47(42-20-8-2-9-21-42)30-31-48(43-22-10-3-11-23-43)61(60)55-38-39-57(64(52)65(54)55)66(58)68(53)67(56)59/h1-40H. The molecule has 13 aromatic carbocycles. The average Bonchev–Trinajstić information content (AvgIpc) is 3.95. The van der Waals surface area contributed by atoms with Gasteiger partial charge in [0.15, 0.2) is 0 Å². The molecule has 13 aromatic rings. The molecule has 0 amide bonds. The largest absolute Gasteiger partial charge is 0.0622 e. The molecule has 0 unspecified atom stereocenters. The number of benzene rings is 13. The van der Waals surface area contributed by atoms with E-state index in [-0.39, 0.29) is 0 Å². The molecule has 0 saturated heterocycles. The van der Waals surface area contributed by atoms with E-state index in [1.54, 1.807) is 0 Å². The first-order valence-corrected chi connectivity index (χ1v) is 23.8. The highest BCUT2D eigenvalue weighted by Gasteiger charge is 2.34. The van der Waals surface area contributed by atoms with Crippen molar-refractivity contribution in [2.24, 2.45) is 0 Å². The van der Waals surface area contributed by atoms with Crippen LogP contribution in [-0.4, -0.2) is 0 Å². The van der Waals surface area contributed by atoms with Gasteiger partial charge in [0.1, 0.15) is 0 Å². The summed E-state index contributed by atoms with van der Waals surface area (Å²) in [6.45, 7) is 0. The van der Waals surface area contributed by atoms with E-state index in [9.17, 15) is 0 Å². The lowest BCUT2D eigenvalue weighted by atomic mass is 9.81. The van der Waals surface area contributed by atoms with Crippen LogP contribution in [0.2, 0.25) is 0 Å². The summed E-state index contributed by atoms with van der Waals surface area (Å²) in [6.07, 6.45) is 0. The molecule has 0 heterocycles. The molecule has 0 aliphatic heterocycles. The van der Waals surface area contributed by atoms with E-state index < -0.39 is 0 Å². The smallest absolute Gasteiger partial charge is 0.000761 e. The fraction of sp³-hybridized carbons (Fsp3) is 0. The molecule has 0 heteroatoms. The second kappa shape index (κ2) is 14.3. The predicted octanol–water partition coefficient (Wildman–Crippen LogP) is 19.0. The monoisotopic (exact) mass is 856 g/mol. The fourth-order valence-corrected chi connectivity index (χ4v) is 12.4. The summed E-state index contributed by atoms with van der Waals surface area (Å²) in [5.74, 6) is 0. The molecule has 0 atom stereocenters. The van der Waals surface area contributed by atoms with E-state index in [1.165, 1.54) is 154 Å². The van der Waals surface area contributed by atoms with Gasteiger partial charge in [-0.05, 0) is 160 Å². The van der Waals surface area contributed by atoms with Crippen molar-refractivity contribution in [3.05, 3.63) is 243 Å². The molecule has 0 spiro atoms. The summed E-state index contributed by atoms with van der Waals surface area (Å²) >= 11 is 0. The maximum absolute atomic E-state index is 2.57. The second-order valence-electron chi connectivity index (χ2n) is 18.5. The van der Waals surface area contributed by atoms with E-state index >= 15 is 0 Å². The zero-order valence-electron chi connectivity index (χ0n) is 37.1. The van der Waals surface area contributed by atoms with Crippen molar-refractivity contribution in [1.82, 2.24) is 0 Å². The van der Waals surface area contributed by atoms with E-state index in [2.05, 4.69) is 243 Å². The summed E-state index contributed by atoms with van der Waals surface area (Å²) in [4.78, 5) is 0. The van der Waals surface area contributed by atoms with Gasteiger partial charge in [0, 0.05) is 0 Å². The van der Waals surface area contributed by atoms with E-state index in [0.717, 1.165) is 0 Å². The van der Waals surface area contributed by atoms with Gasteiger partial charge in [-0.15, -0.1) is 0 Å². The number of fused-ring (bicyclic) bond motifs is 8. The molecule has 68 heavy (non-hydrogen) atoms. The van der Waals surface area contributed by atoms with Crippen molar-refractivity contribution in [1.29, 1.82) is 0 Å². The number of hydrogen-bond donors (Lipinski definition) is 0. The zero-order valence-corrected chi connectivity index (χ0v) is 37.1. The molecular weight excluding hydrogens is 817 g/mol. The van der Waals surface area contributed by atoms with E-state index in [1.807, 2.05) is 0 Å². The van der Waals surface area contributed by atoms with Gasteiger partial charge in [0.05, 0.1) is 0 Å². The van der Waals surface area contributed by atoms with Crippen molar-refractivity contribution in [3.63, 3.8) is 0 Å². The van der Waals surface area contributed by atoms with Gasteiger partial charge < -0.3 is 0 Å². The van der Waals surface area contributed by atoms with Crippen LogP contribution in [0.15, 0.2) is 243 Å². The van der Waals surface area contributed by atoms with E-state index in [4.69, 9.17) is 0 Å². The molecule has 0 radical (unpaired) electrons. The van der Waals surface area contributed by atoms with Crippen molar-refractivity contribution < 1.29 is 0 Å². The summed E-state index contributed by atoms with van der Waals surface area (Å²) in [7, 11) is 0. The molecule has 15 rings (SSSR count). The molecule has 0 nitrogen and oxygen atoms in total. The van der Waals surface area contributed by atoms with Crippen LogP contribution in [0.5, 0.6) is 0 Å². The Balaban J connectivity index is 1.12. The topological polar surface area (TPSA) is 0 Å². The SMILES string of the molecule is c1ccc(-c2ccccc2-c2cc3c4c(ccc5c6ccc7c8c(ccc(c2c45)c86)-c2c(-c4ccccc4)ccc(-c4ccccc4)c2-7)-c2c(-c4ccccc4)ccc(-c4ccccc4)c2-3)cc1. The first-order chi connectivity index (χ1) is 33.8. The van der Waals surface area contributed by atoms with Gasteiger partial charge in [0.25, 0.3) is 0 Å². The minimum atomic E-state index is 1.21. The van der Waals surface area contributed by atoms with Gasteiger partial charge in [-0.3, -0.25) is 0 Å². The van der Waals surface area contributed by atoms with Gasteiger partial charge >= 0.3 is 0 Å². The molecular formula is C68H40. The van der Waals surface area contributed by atoms with Gasteiger partial charge in [-0.1, -0.05) is 237 Å². The Morgan fingerprint density at radius 2 is 0.456 bits per heavy atom. The lowest BCUT2D eigenvalue weighted by Gasteiger charge is -2.21. The zero-order chi connectivity index (χ0) is 44.5. The third-order valence-corrected chi connectivity index (χ3v) is 15.1. The van der Waals surface area contributed by atoms with Crippen molar-refractivity contribution in [2.75, 3.05) is 0 Å². The third kappa shape index (κ3) is 5.15. The van der Waals surface area contributed by atoms with Crippen LogP contribution in [0, 0.1) is 0 Å². The van der Waals surface area contributed by atoms with Crippen LogP contribution >= 0.6 is 0 Å². The molecule has 2 aliphatic rings. The molecule has 0 aromatic heterocycles. The number of hydrogen-bond acceptors (Lipinski definition) is 0. The fourth-order valence-electron chi connectivity index (χ4n) is 12.4. The first kappa shape index (κ1) is 37.4. The quantitative estimate of drug-likeness (QED) is 0.115. The lowest BCUT2D eigenvalue weighted by Crippen LogP contribution is -1.93. The Labute approximate surface area is 395 Å². The summed E-state index contributed by atoms with van der Waals surface area (Å²) in [6, 6.07) is 90.6. The predicted molar refractivity (Wildman–Crippen MR) is 289 cm³/mol. The Kier molecular flexibility index (Phi) is 7.88. The second-order valence-corrected chi connectivity index (χ2v) is 18.5. The maximum Gasteiger partial charge on any atom is -0.000761 e. The molecule has 0 bridgehead atoms. The highest BCUT2D eigenvalue weighted by molar-refractivity contribution is 6.43. The normalized spacial score (nSPS) is 12.1. The minimum absolute atomic E-state index is 1.21. The van der Waals surface area contributed by atoms with Crippen LogP contribution in [0.1, 0.15) is 0 Å². The van der Waals surface area contributed by atoms with Gasteiger partial charge in [0.2, 0.25) is 0 Å². The van der Waals surface area contributed by atoms with Crippen LogP contribution < -0.4 is 0 Å². The molecule has 312 valence electrons. The molecule has 0 fully saturated rings. The Morgan fingerprint density at radius 1 is 0.147 bits per heavy atom. The van der Waals surface area contributed by atoms with Crippen LogP contribution in [0.4, 0.5) is 0 Å². The van der Waals surface area contributed by atoms with E-state index in [0.29, 0.717) is 0 Å². The van der Waals surface area contributed by atoms with Crippen LogP contribution in [-0.2, 0) is 0 Å². The summed E-state index contributed by atoms with van der Waals surface area (Å²) in [5.41, 5.74) is 25.4.